The zero-order valence-corrected chi connectivity index (χ0v) is 17.9. The maximum absolute atomic E-state index is 5.91. The van der Waals surface area contributed by atoms with E-state index in [4.69, 9.17) is 11.6 Å². The molecule has 0 unspecified atom stereocenters. The number of hydrogen-bond donors (Lipinski definition) is 2. The van der Waals surface area contributed by atoms with Gasteiger partial charge in [0.2, 0.25) is 0 Å². The van der Waals surface area contributed by atoms with Gasteiger partial charge in [-0.15, -0.1) is 24.0 Å². The summed E-state index contributed by atoms with van der Waals surface area (Å²) in [6.45, 7) is 4.16. The molecule has 0 amide bonds. The molecule has 25 heavy (non-hydrogen) atoms. The Balaban J connectivity index is 0.00000312. The van der Waals surface area contributed by atoms with Crippen LogP contribution < -0.4 is 15.5 Å². The number of guanidine groups is 1. The smallest absolute Gasteiger partial charge is 0.191 e. The lowest BCUT2D eigenvalue weighted by atomic mass is 10.2. The SMILES string of the molecule is CCNC(=NCc1ccnc(N(C)C)c1)NCc1ccc(Cl)cc1.I. The summed E-state index contributed by atoms with van der Waals surface area (Å²) in [4.78, 5) is 10.9. The molecule has 0 aliphatic carbocycles. The van der Waals surface area contributed by atoms with Crippen LogP contribution in [0.2, 0.25) is 5.02 Å². The largest absolute Gasteiger partial charge is 0.363 e. The molecule has 0 bridgehead atoms. The molecule has 1 aromatic heterocycles. The second kappa shape index (κ2) is 11.1. The van der Waals surface area contributed by atoms with E-state index in [1.54, 1.807) is 0 Å². The first kappa shape index (κ1) is 21.5. The highest BCUT2D eigenvalue weighted by Gasteiger charge is 2.01. The van der Waals surface area contributed by atoms with Crippen LogP contribution in [-0.4, -0.2) is 31.6 Å². The van der Waals surface area contributed by atoms with Gasteiger partial charge in [-0.25, -0.2) is 9.98 Å². The molecule has 0 fully saturated rings. The second-order valence-corrected chi connectivity index (χ2v) is 6.03. The van der Waals surface area contributed by atoms with Crippen molar-refractivity contribution in [2.45, 2.75) is 20.0 Å². The molecule has 2 N–H and O–H groups in total. The maximum atomic E-state index is 5.91. The number of nitrogens with zero attached hydrogens (tertiary/aromatic N) is 3. The first-order valence-electron chi connectivity index (χ1n) is 7.97. The number of nitrogens with one attached hydrogen (secondary N) is 2. The van der Waals surface area contributed by atoms with Crippen LogP contribution in [0.15, 0.2) is 47.6 Å². The molecule has 0 radical (unpaired) electrons. The summed E-state index contributed by atoms with van der Waals surface area (Å²) in [5.74, 6) is 1.72. The number of benzene rings is 1. The molecule has 1 aromatic carbocycles. The van der Waals surface area contributed by atoms with E-state index >= 15 is 0 Å². The Morgan fingerprint density at radius 1 is 1.12 bits per heavy atom. The number of aromatic nitrogens is 1. The van der Waals surface area contributed by atoms with Crippen molar-refractivity contribution in [3.63, 3.8) is 0 Å². The first-order chi connectivity index (χ1) is 11.6. The molecule has 1 heterocycles. The fourth-order valence-electron chi connectivity index (χ4n) is 2.10. The summed E-state index contributed by atoms with van der Waals surface area (Å²) in [5, 5.41) is 7.34. The van der Waals surface area contributed by atoms with Crippen molar-refractivity contribution in [3.05, 3.63) is 58.7 Å². The van der Waals surface area contributed by atoms with Crippen LogP contribution in [0, 0.1) is 0 Å². The van der Waals surface area contributed by atoms with E-state index in [1.807, 2.05) is 61.6 Å². The Morgan fingerprint density at radius 2 is 1.84 bits per heavy atom. The summed E-state index contributed by atoms with van der Waals surface area (Å²) in [7, 11) is 3.96. The quantitative estimate of drug-likeness (QED) is 0.382. The minimum atomic E-state index is 0. The number of anilines is 1. The van der Waals surface area contributed by atoms with Gasteiger partial charge in [-0.3, -0.25) is 0 Å². The molecule has 2 aromatic rings. The van der Waals surface area contributed by atoms with Crippen LogP contribution in [0.4, 0.5) is 5.82 Å². The zero-order valence-electron chi connectivity index (χ0n) is 14.8. The van der Waals surface area contributed by atoms with Crippen LogP contribution in [0.25, 0.3) is 0 Å². The van der Waals surface area contributed by atoms with Crippen LogP contribution in [0.3, 0.4) is 0 Å². The van der Waals surface area contributed by atoms with Gasteiger partial charge in [-0.2, -0.15) is 0 Å². The molecule has 7 heteroatoms. The Labute approximate surface area is 171 Å². The highest BCUT2D eigenvalue weighted by atomic mass is 127. The van der Waals surface area contributed by atoms with Gasteiger partial charge >= 0.3 is 0 Å². The lowest BCUT2D eigenvalue weighted by molar-refractivity contribution is 0.816. The summed E-state index contributed by atoms with van der Waals surface area (Å²) >= 11 is 5.91. The molecular weight excluding hydrogens is 449 g/mol. The minimum absolute atomic E-state index is 0. The predicted octanol–water partition coefficient (Wildman–Crippen LogP) is 3.67. The number of halogens is 2. The van der Waals surface area contributed by atoms with Crippen LogP contribution in [0.1, 0.15) is 18.1 Å². The number of hydrogen-bond acceptors (Lipinski definition) is 3. The van der Waals surface area contributed by atoms with Crippen molar-refractivity contribution in [3.8, 4) is 0 Å². The molecule has 2 rings (SSSR count). The van der Waals surface area contributed by atoms with Crippen molar-refractivity contribution in [2.75, 3.05) is 25.5 Å². The summed E-state index contributed by atoms with van der Waals surface area (Å²) in [6, 6.07) is 11.8. The fraction of sp³-hybridized carbons (Fsp3) is 0.333. The Bertz CT molecular complexity index is 673. The van der Waals surface area contributed by atoms with E-state index in [0.29, 0.717) is 13.1 Å². The molecule has 0 saturated carbocycles. The molecule has 0 aliphatic heterocycles. The lowest BCUT2D eigenvalue weighted by Crippen LogP contribution is -2.36. The Hall–Kier alpha value is -1.54. The van der Waals surface area contributed by atoms with E-state index in [2.05, 4.69) is 27.5 Å². The molecule has 0 aliphatic rings. The Morgan fingerprint density at radius 3 is 2.48 bits per heavy atom. The summed E-state index contributed by atoms with van der Waals surface area (Å²) < 4.78 is 0. The number of rotatable bonds is 6. The van der Waals surface area contributed by atoms with Gasteiger partial charge in [0.05, 0.1) is 6.54 Å². The van der Waals surface area contributed by atoms with Gasteiger partial charge in [0.25, 0.3) is 0 Å². The van der Waals surface area contributed by atoms with E-state index in [0.717, 1.165) is 34.5 Å². The van der Waals surface area contributed by atoms with Gasteiger partial charge in [-0.05, 0) is 42.3 Å². The average Bonchev–Trinajstić information content (AvgIpc) is 2.59. The van der Waals surface area contributed by atoms with Crippen molar-refractivity contribution < 1.29 is 0 Å². The van der Waals surface area contributed by atoms with Crippen molar-refractivity contribution in [2.24, 2.45) is 4.99 Å². The third kappa shape index (κ3) is 7.48. The predicted molar refractivity (Wildman–Crippen MR) is 117 cm³/mol. The minimum Gasteiger partial charge on any atom is -0.363 e. The van der Waals surface area contributed by atoms with Gasteiger partial charge in [0.1, 0.15) is 5.82 Å². The molecule has 0 saturated heterocycles. The molecule has 0 atom stereocenters. The van der Waals surface area contributed by atoms with Crippen molar-refractivity contribution in [1.82, 2.24) is 15.6 Å². The molecular formula is C18H25ClIN5. The van der Waals surface area contributed by atoms with E-state index in [-0.39, 0.29) is 24.0 Å². The highest BCUT2D eigenvalue weighted by Crippen LogP contribution is 2.11. The van der Waals surface area contributed by atoms with Crippen molar-refractivity contribution in [1.29, 1.82) is 0 Å². The zero-order chi connectivity index (χ0) is 17.4. The fourth-order valence-corrected chi connectivity index (χ4v) is 2.23. The standard InChI is InChI=1S/C18H24ClN5.HI/c1-4-20-18(22-12-14-5-7-16(19)8-6-14)23-13-15-9-10-21-17(11-15)24(2)3;/h5-11H,4,12-13H2,1-3H3,(H2,20,22,23);1H. The van der Waals surface area contributed by atoms with Crippen molar-refractivity contribution >= 4 is 47.4 Å². The van der Waals surface area contributed by atoms with Crippen LogP contribution >= 0.6 is 35.6 Å². The summed E-state index contributed by atoms with van der Waals surface area (Å²) in [5.41, 5.74) is 2.28. The van der Waals surface area contributed by atoms with E-state index in [9.17, 15) is 0 Å². The monoisotopic (exact) mass is 473 g/mol. The number of aliphatic imine (C=N–C) groups is 1. The highest BCUT2D eigenvalue weighted by molar-refractivity contribution is 14.0. The molecule has 5 nitrogen and oxygen atoms in total. The normalized spacial score (nSPS) is 10.8. The topological polar surface area (TPSA) is 52.6 Å². The van der Waals surface area contributed by atoms with Crippen LogP contribution in [-0.2, 0) is 13.1 Å². The average molecular weight is 474 g/mol. The maximum Gasteiger partial charge on any atom is 0.191 e. The van der Waals surface area contributed by atoms with E-state index in [1.165, 1.54) is 0 Å². The lowest BCUT2D eigenvalue weighted by Gasteiger charge is -2.13. The number of pyridine rings is 1. The van der Waals surface area contributed by atoms with Gasteiger partial charge in [-0.1, -0.05) is 23.7 Å². The Kier molecular flexibility index (Phi) is 9.59. The van der Waals surface area contributed by atoms with Gasteiger partial charge in [0, 0.05) is 38.4 Å². The molecule has 0 spiro atoms. The van der Waals surface area contributed by atoms with Crippen LogP contribution in [0.5, 0.6) is 0 Å². The first-order valence-corrected chi connectivity index (χ1v) is 8.35. The molecule has 136 valence electrons. The van der Waals surface area contributed by atoms with E-state index < -0.39 is 0 Å². The third-order valence-corrected chi connectivity index (χ3v) is 3.66. The second-order valence-electron chi connectivity index (χ2n) is 5.59. The summed E-state index contributed by atoms with van der Waals surface area (Å²) in [6.07, 6.45) is 1.81. The van der Waals surface area contributed by atoms with Gasteiger partial charge in [0.15, 0.2) is 5.96 Å². The van der Waals surface area contributed by atoms with Gasteiger partial charge < -0.3 is 15.5 Å². The third-order valence-electron chi connectivity index (χ3n) is 3.41.